The average Bonchev–Trinajstić information content (AvgIpc) is 3.35. The fraction of sp³-hybridized carbons (Fsp3) is 0.571. The topological polar surface area (TPSA) is 71.1 Å². The SMILES string of the molecule is C/C(=C\[C@@H]1C=C(CO[Si](c2ccccc2)(c2ccccc2)C(C)(C)C)[C@H](C)C[C@]12O[C@@H](C(C)(C)C)OC2=O)[C@H](CC=O)O[Si](C)(C)C(C)(C)C. The van der Waals surface area contributed by atoms with Gasteiger partial charge >= 0.3 is 5.97 Å². The van der Waals surface area contributed by atoms with Crippen LogP contribution in [0, 0.1) is 17.3 Å². The van der Waals surface area contributed by atoms with Gasteiger partial charge in [-0.3, -0.25) is 0 Å². The van der Waals surface area contributed by atoms with Crippen molar-refractivity contribution in [2.24, 2.45) is 17.3 Å². The van der Waals surface area contributed by atoms with Crippen molar-refractivity contribution >= 4 is 39.3 Å². The van der Waals surface area contributed by atoms with Crippen molar-refractivity contribution in [3.63, 3.8) is 0 Å². The summed E-state index contributed by atoms with van der Waals surface area (Å²) < 4.78 is 27.0. The Morgan fingerprint density at radius 1 is 0.920 bits per heavy atom. The first-order valence-corrected chi connectivity index (χ1v) is 23.0. The largest absolute Gasteiger partial charge is 0.433 e. The van der Waals surface area contributed by atoms with Gasteiger partial charge in [0.1, 0.15) is 6.29 Å². The molecule has 1 aliphatic carbocycles. The highest BCUT2D eigenvalue weighted by Gasteiger charge is 2.59. The highest BCUT2D eigenvalue weighted by Crippen LogP contribution is 2.49. The van der Waals surface area contributed by atoms with Crippen molar-refractivity contribution in [3.05, 3.63) is 84.0 Å². The molecule has 1 fully saturated rings. The van der Waals surface area contributed by atoms with Crippen LogP contribution in [0.3, 0.4) is 0 Å². The van der Waals surface area contributed by atoms with Gasteiger partial charge in [-0.25, -0.2) is 4.79 Å². The Bertz CT molecular complexity index is 1500. The van der Waals surface area contributed by atoms with E-state index in [4.69, 9.17) is 18.3 Å². The second-order valence-electron chi connectivity index (χ2n) is 18.1. The normalized spacial score (nSPS) is 24.6. The predicted molar refractivity (Wildman–Crippen MR) is 209 cm³/mol. The molecule has 1 aliphatic heterocycles. The molecule has 50 heavy (non-hydrogen) atoms. The summed E-state index contributed by atoms with van der Waals surface area (Å²) in [5.41, 5.74) is 0.459. The molecule has 0 bridgehead atoms. The standard InChI is InChI=1S/C42H62O6Si2/c1-30(36(24-25-43)48-49(12,13)40(6,7)8)26-33-27-32(31(2)28-42(33)37(44)46-38(47-42)39(3,4)5)29-45-50(41(9,10)11,34-20-16-14-17-21-34)35-22-18-15-19-23-35/h14-23,25-27,31,33,36,38H,24,28-29H2,1-13H3/b30-26+/t31-,33-,36+,38+,42+/m1/s1. The van der Waals surface area contributed by atoms with Gasteiger partial charge < -0.3 is 23.1 Å². The molecule has 8 heteroatoms. The molecular weight excluding hydrogens is 657 g/mol. The third-order valence-corrected chi connectivity index (χ3v) is 20.6. The number of carbonyl (C=O) groups is 2. The lowest BCUT2D eigenvalue weighted by Crippen LogP contribution is -2.66. The fourth-order valence-corrected chi connectivity index (χ4v) is 13.0. The van der Waals surface area contributed by atoms with Crippen LogP contribution in [-0.2, 0) is 27.9 Å². The summed E-state index contributed by atoms with van der Waals surface area (Å²) in [6.45, 7) is 28.5. The zero-order valence-corrected chi connectivity index (χ0v) is 34.9. The molecule has 2 aliphatic rings. The number of rotatable bonds is 11. The molecule has 1 spiro atoms. The zero-order valence-electron chi connectivity index (χ0n) is 32.9. The third kappa shape index (κ3) is 8.05. The molecule has 1 saturated heterocycles. The molecule has 0 saturated carbocycles. The zero-order chi connectivity index (χ0) is 37.3. The molecule has 4 rings (SSSR count). The Hall–Kier alpha value is -2.63. The lowest BCUT2D eigenvalue weighted by molar-refractivity contribution is -0.158. The molecule has 0 aromatic heterocycles. The summed E-state index contributed by atoms with van der Waals surface area (Å²) in [4.78, 5) is 26.0. The van der Waals surface area contributed by atoms with E-state index in [1.54, 1.807) is 0 Å². The van der Waals surface area contributed by atoms with Gasteiger partial charge in [0.15, 0.2) is 13.9 Å². The van der Waals surface area contributed by atoms with Crippen molar-refractivity contribution in [1.29, 1.82) is 0 Å². The minimum Gasteiger partial charge on any atom is -0.433 e. The van der Waals surface area contributed by atoms with E-state index in [9.17, 15) is 9.59 Å². The van der Waals surface area contributed by atoms with Crippen LogP contribution in [0.25, 0.3) is 0 Å². The highest BCUT2D eigenvalue weighted by atomic mass is 28.4. The Balaban J connectivity index is 1.83. The number of ether oxygens (including phenoxy) is 2. The predicted octanol–water partition coefficient (Wildman–Crippen LogP) is 8.76. The van der Waals surface area contributed by atoms with Crippen LogP contribution < -0.4 is 10.4 Å². The van der Waals surface area contributed by atoms with E-state index in [1.807, 2.05) is 27.7 Å². The van der Waals surface area contributed by atoms with Crippen molar-refractivity contribution in [3.8, 4) is 0 Å². The van der Waals surface area contributed by atoms with Crippen LogP contribution in [0.4, 0.5) is 0 Å². The van der Waals surface area contributed by atoms with E-state index in [0.29, 0.717) is 13.0 Å². The van der Waals surface area contributed by atoms with Gasteiger partial charge in [0.25, 0.3) is 8.32 Å². The van der Waals surface area contributed by atoms with Crippen LogP contribution in [0.2, 0.25) is 23.2 Å². The maximum atomic E-state index is 14.0. The minimum absolute atomic E-state index is 0.00121. The Kier molecular flexibility index (Phi) is 11.9. The van der Waals surface area contributed by atoms with Gasteiger partial charge in [-0.05, 0) is 64.0 Å². The summed E-state index contributed by atoms with van der Waals surface area (Å²) >= 11 is 0. The van der Waals surface area contributed by atoms with Crippen molar-refractivity contribution < 1.29 is 27.9 Å². The van der Waals surface area contributed by atoms with Gasteiger partial charge in [0, 0.05) is 17.8 Å². The maximum absolute atomic E-state index is 14.0. The van der Waals surface area contributed by atoms with Crippen LogP contribution in [0.5, 0.6) is 0 Å². The van der Waals surface area contributed by atoms with E-state index in [-0.39, 0.29) is 28.4 Å². The molecular formula is C42H62O6Si2. The molecule has 274 valence electrons. The second kappa shape index (κ2) is 14.8. The number of hydrogen-bond donors (Lipinski definition) is 0. The first kappa shape index (κ1) is 40.1. The van der Waals surface area contributed by atoms with E-state index in [0.717, 1.165) is 17.4 Å². The summed E-state index contributed by atoms with van der Waals surface area (Å²) in [7, 11) is -5.03. The molecule has 2 aromatic rings. The van der Waals surface area contributed by atoms with Crippen LogP contribution >= 0.6 is 0 Å². The molecule has 6 nitrogen and oxygen atoms in total. The van der Waals surface area contributed by atoms with Gasteiger partial charge in [0.2, 0.25) is 6.29 Å². The second-order valence-corrected chi connectivity index (χ2v) is 27.2. The third-order valence-electron chi connectivity index (χ3n) is 11.1. The van der Waals surface area contributed by atoms with Crippen molar-refractivity contribution in [2.75, 3.05) is 6.61 Å². The van der Waals surface area contributed by atoms with Crippen molar-refractivity contribution in [1.82, 2.24) is 0 Å². The smallest absolute Gasteiger partial charge is 0.341 e. The number of benzene rings is 2. The lowest BCUT2D eigenvalue weighted by atomic mass is 9.71. The summed E-state index contributed by atoms with van der Waals surface area (Å²) in [5, 5.41) is 2.25. The molecule has 1 heterocycles. The summed E-state index contributed by atoms with van der Waals surface area (Å²) in [6.07, 6.45) is 4.86. The molecule has 0 radical (unpaired) electrons. The fourth-order valence-electron chi connectivity index (χ4n) is 7.07. The highest BCUT2D eigenvalue weighted by molar-refractivity contribution is 6.99. The number of esters is 1. The van der Waals surface area contributed by atoms with E-state index in [2.05, 4.69) is 134 Å². The minimum atomic E-state index is -2.81. The molecule has 5 atom stereocenters. The molecule has 0 unspecified atom stereocenters. The van der Waals surface area contributed by atoms with Gasteiger partial charge in [-0.1, -0.05) is 142 Å². The lowest BCUT2D eigenvalue weighted by Gasteiger charge is -2.44. The number of cyclic esters (lactones) is 1. The van der Waals surface area contributed by atoms with Crippen molar-refractivity contribution in [2.45, 2.75) is 130 Å². The summed E-state index contributed by atoms with van der Waals surface area (Å²) in [5.74, 6) is -0.772. The quantitative estimate of drug-likeness (QED) is 0.100. The van der Waals surface area contributed by atoms with Gasteiger partial charge in [0.05, 0.1) is 12.7 Å². The van der Waals surface area contributed by atoms with Crippen LogP contribution in [0.15, 0.2) is 84.0 Å². The Morgan fingerprint density at radius 2 is 1.46 bits per heavy atom. The monoisotopic (exact) mass is 718 g/mol. The van der Waals surface area contributed by atoms with Crippen LogP contribution in [-0.4, -0.2) is 53.5 Å². The molecule has 0 amide bonds. The average molecular weight is 719 g/mol. The Labute approximate surface area is 304 Å². The van der Waals surface area contributed by atoms with Crippen LogP contribution in [0.1, 0.15) is 89.0 Å². The summed E-state index contributed by atoms with van der Waals surface area (Å²) in [6, 6.07) is 21.3. The van der Waals surface area contributed by atoms with E-state index < -0.39 is 46.0 Å². The molecule has 0 N–H and O–H groups in total. The van der Waals surface area contributed by atoms with Gasteiger partial charge in [-0.15, -0.1) is 0 Å². The number of aldehydes is 1. The first-order chi connectivity index (χ1) is 23.1. The first-order valence-electron chi connectivity index (χ1n) is 18.2. The van der Waals surface area contributed by atoms with E-state index in [1.165, 1.54) is 10.4 Å². The molecule has 2 aromatic carbocycles. The Morgan fingerprint density at radius 3 is 1.90 bits per heavy atom. The van der Waals surface area contributed by atoms with E-state index >= 15 is 0 Å². The number of carbonyl (C=O) groups excluding carboxylic acids is 2. The number of hydrogen-bond acceptors (Lipinski definition) is 6. The maximum Gasteiger partial charge on any atom is 0.341 e. The van der Waals surface area contributed by atoms with Gasteiger partial charge in [-0.2, -0.15) is 0 Å².